The first-order chi connectivity index (χ1) is 13.5. The van der Waals surface area contributed by atoms with Crippen molar-refractivity contribution >= 4 is 5.91 Å². The van der Waals surface area contributed by atoms with Crippen molar-refractivity contribution in [3.8, 4) is 17.1 Å². The van der Waals surface area contributed by atoms with Crippen molar-refractivity contribution in [2.75, 3.05) is 13.1 Å². The van der Waals surface area contributed by atoms with Gasteiger partial charge in [-0.05, 0) is 24.0 Å². The number of nitrogens with two attached hydrogens (primary N) is 1. The summed E-state index contributed by atoms with van der Waals surface area (Å²) < 4.78 is 1.74. The molecule has 3 aromatic rings. The molecule has 6 nitrogen and oxygen atoms in total. The van der Waals surface area contributed by atoms with Crippen LogP contribution in [0.1, 0.15) is 30.9 Å². The van der Waals surface area contributed by atoms with Gasteiger partial charge in [-0.3, -0.25) is 4.79 Å². The summed E-state index contributed by atoms with van der Waals surface area (Å²) in [4.78, 5) is 19.6. The van der Waals surface area contributed by atoms with Gasteiger partial charge in [-0.2, -0.15) is 0 Å². The van der Waals surface area contributed by atoms with Crippen LogP contribution in [0.2, 0.25) is 0 Å². The van der Waals surface area contributed by atoms with E-state index in [-0.39, 0.29) is 23.2 Å². The van der Waals surface area contributed by atoms with Crippen LogP contribution in [0.3, 0.4) is 0 Å². The minimum Gasteiger partial charge on any atom is -0.335 e. The summed E-state index contributed by atoms with van der Waals surface area (Å²) in [6.07, 6.45) is 0.781. The first-order valence-corrected chi connectivity index (χ1v) is 9.58. The molecule has 0 spiro atoms. The molecular weight excluding hydrogens is 350 g/mol. The number of hydrogen-bond acceptors (Lipinski definition) is 4. The molecule has 2 heterocycles. The van der Waals surface area contributed by atoms with E-state index in [4.69, 9.17) is 5.73 Å². The van der Waals surface area contributed by atoms with Gasteiger partial charge >= 0.3 is 0 Å². The molecule has 144 valence electrons. The number of benzene rings is 2. The summed E-state index contributed by atoms with van der Waals surface area (Å²) in [5.41, 5.74) is 7.88. The van der Waals surface area contributed by atoms with Gasteiger partial charge in [0, 0.05) is 24.7 Å². The Labute approximate surface area is 165 Å². The first-order valence-electron chi connectivity index (χ1n) is 9.58. The first kappa shape index (κ1) is 18.4. The Morgan fingerprint density at radius 3 is 2.36 bits per heavy atom. The van der Waals surface area contributed by atoms with Crippen molar-refractivity contribution in [1.82, 2.24) is 19.7 Å². The lowest BCUT2D eigenvalue weighted by molar-refractivity contribution is 0.0521. The van der Waals surface area contributed by atoms with Crippen molar-refractivity contribution < 1.29 is 4.79 Å². The normalized spacial score (nSPS) is 18.8. The molecule has 1 atom stereocenters. The van der Waals surface area contributed by atoms with Crippen LogP contribution in [0.4, 0.5) is 0 Å². The summed E-state index contributed by atoms with van der Waals surface area (Å²) >= 11 is 0. The van der Waals surface area contributed by atoms with Gasteiger partial charge in [0.25, 0.3) is 5.91 Å². The number of piperidine rings is 1. The number of para-hydroxylation sites is 1. The van der Waals surface area contributed by atoms with Gasteiger partial charge in [-0.25, -0.2) is 9.67 Å². The van der Waals surface area contributed by atoms with Gasteiger partial charge in [0.15, 0.2) is 5.82 Å². The van der Waals surface area contributed by atoms with Crippen LogP contribution in [0.5, 0.6) is 0 Å². The van der Waals surface area contributed by atoms with E-state index < -0.39 is 0 Å². The number of nitrogens with zero attached hydrogens (tertiary/aromatic N) is 4. The quantitative estimate of drug-likeness (QED) is 0.763. The van der Waals surface area contributed by atoms with E-state index in [0.717, 1.165) is 17.7 Å². The molecule has 1 saturated heterocycles. The zero-order valence-corrected chi connectivity index (χ0v) is 16.2. The van der Waals surface area contributed by atoms with Crippen molar-refractivity contribution in [3.63, 3.8) is 0 Å². The van der Waals surface area contributed by atoms with E-state index >= 15 is 0 Å². The topological polar surface area (TPSA) is 77.0 Å². The number of rotatable bonds is 3. The van der Waals surface area contributed by atoms with Crippen molar-refractivity contribution in [3.05, 3.63) is 66.5 Å². The standard InChI is InChI=1S/C22H25N5O/c1-22(2)15-26(14-13-18(22)23)21(28)19-24-20(16-9-5-3-6-10-16)27(25-19)17-11-7-4-8-12-17/h3-12,18H,13-15,23H2,1-2H3. The summed E-state index contributed by atoms with van der Waals surface area (Å²) in [5, 5.41) is 4.58. The molecule has 1 amide bonds. The third-order valence-electron chi connectivity index (χ3n) is 5.43. The number of amides is 1. The Morgan fingerprint density at radius 1 is 1.07 bits per heavy atom. The second kappa shape index (κ2) is 7.20. The van der Waals surface area contributed by atoms with Gasteiger partial charge in [0.1, 0.15) is 0 Å². The molecule has 0 saturated carbocycles. The summed E-state index contributed by atoms with van der Waals surface area (Å²) in [6, 6.07) is 19.7. The molecule has 4 rings (SSSR count). The van der Waals surface area contributed by atoms with Crippen LogP contribution in [-0.4, -0.2) is 44.7 Å². The third kappa shape index (κ3) is 3.43. The Hall–Kier alpha value is -2.99. The van der Waals surface area contributed by atoms with Gasteiger partial charge in [0.05, 0.1) is 5.69 Å². The van der Waals surface area contributed by atoms with E-state index in [2.05, 4.69) is 23.9 Å². The second-order valence-electron chi connectivity index (χ2n) is 7.98. The average molecular weight is 375 g/mol. The zero-order valence-electron chi connectivity index (χ0n) is 16.2. The van der Waals surface area contributed by atoms with Gasteiger partial charge in [-0.15, -0.1) is 5.10 Å². The highest BCUT2D eigenvalue weighted by atomic mass is 16.2. The van der Waals surface area contributed by atoms with E-state index in [1.54, 1.807) is 4.68 Å². The van der Waals surface area contributed by atoms with E-state index in [1.807, 2.05) is 65.6 Å². The summed E-state index contributed by atoms with van der Waals surface area (Å²) in [7, 11) is 0. The Morgan fingerprint density at radius 2 is 1.71 bits per heavy atom. The van der Waals surface area contributed by atoms with Crippen LogP contribution in [0.15, 0.2) is 60.7 Å². The fourth-order valence-electron chi connectivity index (χ4n) is 3.61. The lowest BCUT2D eigenvalue weighted by Gasteiger charge is -2.42. The van der Waals surface area contributed by atoms with Crippen LogP contribution in [0, 0.1) is 5.41 Å². The van der Waals surface area contributed by atoms with Gasteiger partial charge in [-0.1, -0.05) is 62.4 Å². The maximum absolute atomic E-state index is 13.2. The molecule has 1 unspecified atom stereocenters. The van der Waals surface area contributed by atoms with Crippen LogP contribution >= 0.6 is 0 Å². The van der Waals surface area contributed by atoms with Crippen LogP contribution in [-0.2, 0) is 0 Å². The fourth-order valence-corrected chi connectivity index (χ4v) is 3.61. The molecule has 1 aliphatic rings. The van der Waals surface area contributed by atoms with Gasteiger partial charge in [0.2, 0.25) is 5.82 Å². The molecule has 1 aromatic heterocycles. The summed E-state index contributed by atoms with van der Waals surface area (Å²) in [6.45, 7) is 5.43. The average Bonchev–Trinajstić information content (AvgIpc) is 3.16. The van der Waals surface area contributed by atoms with E-state index in [1.165, 1.54) is 0 Å². The highest BCUT2D eigenvalue weighted by molar-refractivity contribution is 5.91. The minimum atomic E-state index is -0.146. The number of carbonyl (C=O) groups excluding carboxylic acids is 1. The minimum absolute atomic E-state index is 0.0891. The molecule has 1 aliphatic heterocycles. The lowest BCUT2D eigenvalue weighted by Crippen LogP contribution is -2.54. The van der Waals surface area contributed by atoms with Gasteiger partial charge < -0.3 is 10.6 Å². The Bertz CT molecular complexity index is 908. The highest BCUT2D eigenvalue weighted by Gasteiger charge is 2.36. The molecule has 0 aliphatic carbocycles. The maximum Gasteiger partial charge on any atom is 0.293 e. The van der Waals surface area contributed by atoms with Crippen LogP contribution < -0.4 is 5.73 Å². The molecule has 6 heteroatoms. The molecule has 0 radical (unpaired) electrons. The molecule has 2 N–H and O–H groups in total. The number of hydrogen-bond donors (Lipinski definition) is 1. The fraction of sp³-hybridized carbons (Fsp3) is 0.318. The zero-order chi connectivity index (χ0) is 19.7. The molecule has 0 bridgehead atoms. The van der Waals surface area contributed by atoms with E-state index in [9.17, 15) is 4.79 Å². The highest BCUT2D eigenvalue weighted by Crippen LogP contribution is 2.29. The van der Waals surface area contributed by atoms with E-state index in [0.29, 0.717) is 18.9 Å². The SMILES string of the molecule is CC1(C)CN(C(=O)c2nc(-c3ccccc3)n(-c3ccccc3)n2)CCC1N. The number of likely N-dealkylation sites (tertiary alicyclic amines) is 1. The largest absolute Gasteiger partial charge is 0.335 e. The van der Waals surface area contributed by atoms with Crippen molar-refractivity contribution in [2.45, 2.75) is 26.3 Å². The van der Waals surface area contributed by atoms with Crippen LogP contribution in [0.25, 0.3) is 17.1 Å². The number of aromatic nitrogens is 3. The molecule has 28 heavy (non-hydrogen) atoms. The smallest absolute Gasteiger partial charge is 0.293 e. The maximum atomic E-state index is 13.2. The molecular formula is C22H25N5O. The van der Waals surface area contributed by atoms with Crippen molar-refractivity contribution in [2.24, 2.45) is 11.1 Å². The molecule has 1 fully saturated rings. The Kier molecular flexibility index (Phi) is 4.73. The summed E-state index contributed by atoms with van der Waals surface area (Å²) in [5.74, 6) is 0.726. The predicted octanol–water partition coefficient (Wildman–Crippen LogP) is 3.13. The lowest BCUT2D eigenvalue weighted by atomic mass is 9.79. The monoisotopic (exact) mass is 375 g/mol. The predicted molar refractivity (Wildman–Crippen MR) is 109 cm³/mol. The number of carbonyl (C=O) groups is 1. The van der Waals surface area contributed by atoms with Crippen molar-refractivity contribution in [1.29, 1.82) is 0 Å². The second-order valence-corrected chi connectivity index (χ2v) is 7.98. The Balaban J connectivity index is 1.73. The molecule has 2 aromatic carbocycles. The third-order valence-corrected chi connectivity index (χ3v) is 5.43.